The average Bonchev–Trinajstić information content (AvgIpc) is 3.27. The van der Waals surface area contributed by atoms with E-state index in [-0.39, 0.29) is 11.4 Å². The highest BCUT2D eigenvalue weighted by Crippen LogP contribution is 2.40. The second-order valence-corrected chi connectivity index (χ2v) is 8.46. The van der Waals surface area contributed by atoms with Crippen LogP contribution < -0.4 is 5.32 Å². The first-order chi connectivity index (χ1) is 11.5. The number of rotatable bonds is 3. The third-order valence-electron chi connectivity index (χ3n) is 4.76. The number of nitrogens with zero attached hydrogens (tertiary/aromatic N) is 3. The monoisotopic (exact) mass is 360 g/mol. The van der Waals surface area contributed by atoms with Crippen molar-refractivity contribution in [2.75, 3.05) is 0 Å². The summed E-state index contributed by atoms with van der Waals surface area (Å²) in [6, 6.07) is 1.97. The van der Waals surface area contributed by atoms with Gasteiger partial charge < -0.3 is 5.32 Å². The van der Waals surface area contributed by atoms with Crippen LogP contribution in [0.4, 0.5) is 0 Å². The summed E-state index contributed by atoms with van der Waals surface area (Å²) in [7, 11) is 1.92. The van der Waals surface area contributed by atoms with E-state index in [9.17, 15) is 4.79 Å². The number of amides is 1. The number of carbonyl (C=O) groups excluding carboxylic acids is 1. The van der Waals surface area contributed by atoms with Crippen LogP contribution in [0.5, 0.6) is 0 Å². The third kappa shape index (κ3) is 2.46. The molecule has 0 unspecified atom stereocenters. The number of aryl methyl sites for hydroxylation is 3. The van der Waals surface area contributed by atoms with Crippen LogP contribution in [-0.4, -0.2) is 20.7 Å². The highest BCUT2D eigenvalue weighted by atomic mass is 32.1. The van der Waals surface area contributed by atoms with E-state index >= 15 is 0 Å². The van der Waals surface area contributed by atoms with Gasteiger partial charge in [-0.2, -0.15) is 5.10 Å². The molecule has 126 valence electrons. The molecular formula is C17H20N4OS2. The lowest BCUT2D eigenvalue weighted by molar-refractivity contribution is 0.0902. The van der Waals surface area contributed by atoms with Crippen molar-refractivity contribution < 1.29 is 4.79 Å². The van der Waals surface area contributed by atoms with Gasteiger partial charge in [-0.1, -0.05) is 12.8 Å². The Kier molecular flexibility index (Phi) is 3.73. The molecule has 3 aromatic heterocycles. The Morgan fingerprint density at radius 2 is 2.08 bits per heavy atom. The fourth-order valence-corrected chi connectivity index (χ4v) is 5.57. The lowest BCUT2D eigenvalue weighted by atomic mass is 9.98. The number of thiophene rings is 1. The van der Waals surface area contributed by atoms with E-state index in [0.29, 0.717) is 0 Å². The maximum absolute atomic E-state index is 12.9. The van der Waals surface area contributed by atoms with Crippen LogP contribution in [0.3, 0.4) is 0 Å². The molecule has 1 saturated carbocycles. The summed E-state index contributed by atoms with van der Waals surface area (Å²) >= 11 is 3.16. The molecule has 1 aliphatic rings. The summed E-state index contributed by atoms with van der Waals surface area (Å²) in [5, 5.41) is 11.9. The van der Waals surface area contributed by atoms with Gasteiger partial charge in [-0.25, -0.2) is 4.98 Å². The summed E-state index contributed by atoms with van der Waals surface area (Å²) in [6.45, 7) is 3.99. The average molecular weight is 361 g/mol. The second-order valence-electron chi connectivity index (χ2n) is 6.58. The van der Waals surface area contributed by atoms with Gasteiger partial charge in [0.25, 0.3) is 5.91 Å². The highest BCUT2D eigenvalue weighted by Gasteiger charge is 2.40. The van der Waals surface area contributed by atoms with Gasteiger partial charge >= 0.3 is 0 Å². The molecule has 1 fully saturated rings. The van der Waals surface area contributed by atoms with Crippen molar-refractivity contribution in [2.24, 2.45) is 7.05 Å². The van der Waals surface area contributed by atoms with Gasteiger partial charge in [0.05, 0.1) is 16.1 Å². The van der Waals surface area contributed by atoms with Crippen LogP contribution in [0.2, 0.25) is 0 Å². The Labute approximate surface area is 148 Å². The van der Waals surface area contributed by atoms with Gasteiger partial charge in [-0.15, -0.1) is 22.7 Å². The van der Waals surface area contributed by atoms with Crippen molar-refractivity contribution in [1.29, 1.82) is 0 Å². The zero-order chi connectivity index (χ0) is 16.9. The van der Waals surface area contributed by atoms with Gasteiger partial charge in [-0.05, 0) is 32.8 Å². The van der Waals surface area contributed by atoms with Gasteiger partial charge in [-0.3, -0.25) is 9.48 Å². The van der Waals surface area contributed by atoms with Crippen molar-refractivity contribution in [3.05, 3.63) is 32.7 Å². The topological polar surface area (TPSA) is 59.8 Å². The molecule has 24 heavy (non-hydrogen) atoms. The number of thiazole rings is 1. The first-order valence-electron chi connectivity index (χ1n) is 8.17. The minimum Gasteiger partial charge on any atom is -0.339 e. The van der Waals surface area contributed by atoms with Crippen LogP contribution in [0, 0.1) is 13.8 Å². The lowest BCUT2D eigenvalue weighted by Gasteiger charge is -2.27. The van der Waals surface area contributed by atoms with Crippen molar-refractivity contribution in [1.82, 2.24) is 20.1 Å². The largest absolute Gasteiger partial charge is 0.339 e. The van der Waals surface area contributed by atoms with E-state index in [0.717, 1.165) is 57.2 Å². The Morgan fingerprint density at radius 1 is 1.33 bits per heavy atom. The standard InChI is InChI=1S/C17H20N4OS2/c1-10-9-23-16(18-10)17(6-4-5-7-17)19-14(22)13-8-12-11(2)20-21(3)15(12)24-13/h8-9H,4-7H2,1-3H3,(H,19,22). The van der Waals surface area contributed by atoms with Gasteiger partial charge in [0, 0.05) is 23.5 Å². The van der Waals surface area contributed by atoms with Crippen molar-refractivity contribution in [2.45, 2.75) is 45.1 Å². The number of carbonyl (C=O) groups is 1. The summed E-state index contributed by atoms with van der Waals surface area (Å²) < 4.78 is 1.85. The maximum atomic E-state index is 12.9. The van der Waals surface area contributed by atoms with E-state index in [1.807, 2.05) is 31.6 Å². The molecule has 7 heteroatoms. The van der Waals surface area contributed by atoms with E-state index in [4.69, 9.17) is 0 Å². The fraction of sp³-hybridized carbons (Fsp3) is 0.471. The molecule has 0 bridgehead atoms. The molecule has 3 aromatic rings. The van der Waals surface area contributed by atoms with Gasteiger partial charge in [0.2, 0.25) is 0 Å². The molecule has 4 rings (SSSR count). The number of hydrogen-bond acceptors (Lipinski definition) is 5. The summed E-state index contributed by atoms with van der Waals surface area (Å²) in [5.74, 6) is 0.00496. The zero-order valence-corrected chi connectivity index (χ0v) is 15.7. The first-order valence-corrected chi connectivity index (χ1v) is 9.86. The Bertz CT molecular complexity index is 880. The van der Waals surface area contributed by atoms with Crippen molar-refractivity contribution >= 4 is 38.8 Å². The Balaban J connectivity index is 1.66. The SMILES string of the molecule is Cc1csc(C2(NC(=O)c3cc4c(C)nn(C)c4s3)CCCC2)n1. The molecule has 5 nitrogen and oxygen atoms in total. The number of aromatic nitrogens is 3. The molecule has 0 spiro atoms. The maximum Gasteiger partial charge on any atom is 0.262 e. The van der Waals surface area contributed by atoms with Crippen LogP contribution in [0.1, 0.15) is 51.8 Å². The predicted molar refractivity (Wildman–Crippen MR) is 97.8 cm³/mol. The summed E-state index contributed by atoms with van der Waals surface area (Å²) in [4.78, 5) is 19.4. The Hall–Kier alpha value is -1.73. The third-order valence-corrected chi connectivity index (χ3v) is 7.12. The normalized spacial score (nSPS) is 16.8. The van der Waals surface area contributed by atoms with Gasteiger partial charge in [0.1, 0.15) is 9.84 Å². The first kappa shape index (κ1) is 15.8. The number of nitrogens with one attached hydrogen (secondary N) is 1. The van der Waals surface area contributed by atoms with Crippen LogP contribution >= 0.6 is 22.7 Å². The van der Waals surface area contributed by atoms with Crippen LogP contribution in [-0.2, 0) is 12.6 Å². The molecular weight excluding hydrogens is 340 g/mol. The molecule has 0 saturated heterocycles. The molecule has 1 N–H and O–H groups in total. The van der Waals surface area contributed by atoms with E-state index < -0.39 is 0 Å². The molecule has 1 amide bonds. The molecule has 1 aliphatic carbocycles. The zero-order valence-electron chi connectivity index (χ0n) is 14.0. The molecule has 0 aliphatic heterocycles. The van der Waals surface area contributed by atoms with Crippen molar-refractivity contribution in [3.8, 4) is 0 Å². The minimum atomic E-state index is -0.292. The summed E-state index contributed by atoms with van der Waals surface area (Å²) in [6.07, 6.45) is 4.21. The molecule has 0 aromatic carbocycles. The minimum absolute atomic E-state index is 0.00496. The lowest BCUT2D eigenvalue weighted by Crippen LogP contribution is -2.43. The fourth-order valence-electron chi connectivity index (χ4n) is 3.54. The molecule has 0 radical (unpaired) electrons. The van der Waals surface area contributed by atoms with E-state index in [1.165, 1.54) is 11.3 Å². The number of fused-ring (bicyclic) bond motifs is 1. The quantitative estimate of drug-likeness (QED) is 0.770. The summed E-state index contributed by atoms with van der Waals surface area (Å²) in [5.41, 5.74) is 1.70. The Morgan fingerprint density at radius 3 is 2.71 bits per heavy atom. The van der Waals surface area contributed by atoms with E-state index in [1.54, 1.807) is 11.3 Å². The van der Waals surface area contributed by atoms with Crippen LogP contribution in [0.25, 0.3) is 10.2 Å². The van der Waals surface area contributed by atoms with E-state index in [2.05, 4.69) is 20.8 Å². The van der Waals surface area contributed by atoms with Gasteiger partial charge in [0.15, 0.2) is 0 Å². The van der Waals surface area contributed by atoms with Crippen molar-refractivity contribution in [3.63, 3.8) is 0 Å². The molecule has 0 atom stereocenters. The predicted octanol–water partition coefficient (Wildman–Crippen LogP) is 3.91. The number of hydrogen-bond donors (Lipinski definition) is 1. The molecule has 3 heterocycles. The smallest absolute Gasteiger partial charge is 0.262 e. The second kappa shape index (κ2) is 5.67. The highest BCUT2D eigenvalue weighted by molar-refractivity contribution is 7.20. The van der Waals surface area contributed by atoms with Crippen LogP contribution in [0.15, 0.2) is 11.4 Å².